The van der Waals surface area contributed by atoms with Crippen molar-refractivity contribution in [1.29, 1.82) is 0 Å². The van der Waals surface area contributed by atoms with E-state index in [0.717, 1.165) is 19.3 Å². The van der Waals surface area contributed by atoms with Crippen molar-refractivity contribution in [2.75, 3.05) is 6.61 Å². The predicted molar refractivity (Wildman–Crippen MR) is 103 cm³/mol. The molecule has 27 heavy (non-hydrogen) atoms. The molecule has 5 nitrogen and oxygen atoms in total. The van der Waals surface area contributed by atoms with Gasteiger partial charge in [0.05, 0.1) is 0 Å². The summed E-state index contributed by atoms with van der Waals surface area (Å²) in [6.07, 6.45) is 3.09. The number of ether oxygens (including phenoxy) is 2. The van der Waals surface area contributed by atoms with Crippen LogP contribution in [0, 0.1) is 0 Å². The largest absolute Gasteiger partial charge is 0.456 e. The molecule has 1 aliphatic rings. The van der Waals surface area contributed by atoms with Crippen LogP contribution >= 0.6 is 0 Å². The van der Waals surface area contributed by atoms with Crippen LogP contribution in [0.5, 0.6) is 11.5 Å². The first-order chi connectivity index (χ1) is 13.1. The van der Waals surface area contributed by atoms with E-state index in [2.05, 4.69) is 0 Å². The molecule has 0 saturated carbocycles. The quantitative estimate of drug-likeness (QED) is 0.734. The number of para-hydroxylation sites is 2. The van der Waals surface area contributed by atoms with E-state index in [4.69, 9.17) is 9.47 Å². The number of hydrogen-bond donors (Lipinski definition) is 0. The SMILES string of the molecule is CC1CCCC(C)N1C(=O)COC(=O)c1ccccc1Oc1ccccc1. The summed E-state index contributed by atoms with van der Waals surface area (Å²) in [7, 11) is 0. The average Bonchev–Trinajstić information content (AvgIpc) is 2.67. The molecule has 0 N–H and O–H groups in total. The van der Waals surface area contributed by atoms with Crippen molar-refractivity contribution in [3.8, 4) is 11.5 Å². The van der Waals surface area contributed by atoms with E-state index in [1.54, 1.807) is 24.3 Å². The fraction of sp³-hybridized carbons (Fsp3) is 0.364. The second kappa shape index (κ2) is 8.71. The van der Waals surface area contributed by atoms with Crippen LogP contribution < -0.4 is 4.74 Å². The normalized spacial score (nSPS) is 19.4. The average molecular weight is 367 g/mol. The summed E-state index contributed by atoms with van der Waals surface area (Å²) in [5.41, 5.74) is 0.300. The minimum atomic E-state index is -0.563. The smallest absolute Gasteiger partial charge is 0.342 e. The van der Waals surface area contributed by atoms with Crippen molar-refractivity contribution in [2.24, 2.45) is 0 Å². The van der Waals surface area contributed by atoms with Crippen molar-refractivity contribution in [3.63, 3.8) is 0 Å². The molecule has 2 atom stereocenters. The van der Waals surface area contributed by atoms with Crippen LogP contribution in [0.25, 0.3) is 0 Å². The van der Waals surface area contributed by atoms with Crippen molar-refractivity contribution in [1.82, 2.24) is 4.90 Å². The first-order valence-electron chi connectivity index (χ1n) is 9.36. The molecule has 142 valence electrons. The molecule has 1 amide bonds. The van der Waals surface area contributed by atoms with Gasteiger partial charge in [0.15, 0.2) is 6.61 Å². The van der Waals surface area contributed by atoms with Gasteiger partial charge in [-0.1, -0.05) is 30.3 Å². The van der Waals surface area contributed by atoms with Gasteiger partial charge in [-0.15, -0.1) is 0 Å². The Bertz CT molecular complexity index is 780. The van der Waals surface area contributed by atoms with Crippen LogP contribution in [0.4, 0.5) is 0 Å². The molecule has 0 aromatic heterocycles. The Balaban J connectivity index is 1.65. The summed E-state index contributed by atoms with van der Waals surface area (Å²) < 4.78 is 11.1. The Hall–Kier alpha value is -2.82. The number of carbonyl (C=O) groups excluding carboxylic acids is 2. The number of benzene rings is 2. The van der Waals surface area contributed by atoms with Gasteiger partial charge in [-0.3, -0.25) is 4.79 Å². The highest BCUT2D eigenvalue weighted by atomic mass is 16.5. The van der Waals surface area contributed by atoms with Crippen molar-refractivity contribution in [3.05, 3.63) is 60.2 Å². The minimum absolute atomic E-state index is 0.149. The fourth-order valence-electron chi connectivity index (χ4n) is 3.53. The standard InChI is InChI=1S/C22H25NO4/c1-16-9-8-10-17(2)23(16)21(24)15-26-22(25)19-13-6-7-14-20(19)27-18-11-4-3-5-12-18/h3-7,11-14,16-17H,8-10,15H2,1-2H3. The number of hydrogen-bond acceptors (Lipinski definition) is 4. The maximum absolute atomic E-state index is 12.5. The number of nitrogens with zero attached hydrogens (tertiary/aromatic N) is 1. The number of carbonyl (C=O) groups is 2. The molecule has 5 heteroatoms. The zero-order valence-electron chi connectivity index (χ0n) is 15.8. The van der Waals surface area contributed by atoms with Crippen LogP contribution in [0.3, 0.4) is 0 Å². The first-order valence-corrected chi connectivity index (χ1v) is 9.36. The molecule has 0 aliphatic carbocycles. The fourth-order valence-corrected chi connectivity index (χ4v) is 3.53. The molecule has 1 saturated heterocycles. The Morgan fingerprint density at radius 3 is 2.30 bits per heavy atom. The van der Waals surface area contributed by atoms with Crippen molar-refractivity contribution < 1.29 is 19.1 Å². The van der Waals surface area contributed by atoms with Gasteiger partial charge in [-0.2, -0.15) is 0 Å². The topological polar surface area (TPSA) is 55.8 Å². The highest BCUT2D eigenvalue weighted by molar-refractivity contribution is 5.94. The lowest BCUT2D eigenvalue weighted by Gasteiger charge is -2.38. The van der Waals surface area contributed by atoms with Crippen LogP contribution in [0.2, 0.25) is 0 Å². The second-order valence-electron chi connectivity index (χ2n) is 6.92. The second-order valence-corrected chi connectivity index (χ2v) is 6.92. The molecule has 3 rings (SSSR count). The third kappa shape index (κ3) is 4.67. The summed E-state index contributed by atoms with van der Waals surface area (Å²) in [6.45, 7) is 3.82. The Morgan fingerprint density at radius 1 is 0.963 bits per heavy atom. The molecule has 1 aliphatic heterocycles. The molecule has 2 aromatic carbocycles. The van der Waals surface area contributed by atoms with E-state index in [1.165, 1.54) is 0 Å². The van der Waals surface area contributed by atoms with Gasteiger partial charge in [0, 0.05) is 12.1 Å². The minimum Gasteiger partial charge on any atom is -0.456 e. The predicted octanol–water partition coefficient (Wildman–Crippen LogP) is 4.43. The maximum atomic E-state index is 12.5. The molecule has 0 spiro atoms. The van der Waals surface area contributed by atoms with Gasteiger partial charge < -0.3 is 14.4 Å². The van der Waals surface area contributed by atoms with Crippen LogP contribution in [0.1, 0.15) is 43.5 Å². The molecule has 0 bridgehead atoms. The highest BCUT2D eigenvalue weighted by Crippen LogP contribution is 2.26. The Kier molecular flexibility index (Phi) is 6.12. The third-order valence-electron chi connectivity index (χ3n) is 4.89. The Labute approximate surface area is 159 Å². The Morgan fingerprint density at radius 2 is 1.59 bits per heavy atom. The van der Waals surface area contributed by atoms with E-state index < -0.39 is 5.97 Å². The number of likely N-dealkylation sites (tertiary alicyclic amines) is 1. The number of amides is 1. The van der Waals surface area contributed by atoms with E-state index in [-0.39, 0.29) is 24.6 Å². The molecule has 2 aromatic rings. The van der Waals surface area contributed by atoms with Gasteiger partial charge in [0.2, 0.25) is 0 Å². The first kappa shape index (κ1) is 19.0. The van der Waals surface area contributed by atoms with Gasteiger partial charge in [0.1, 0.15) is 17.1 Å². The molecule has 1 fully saturated rings. The van der Waals surface area contributed by atoms with Gasteiger partial charge >= 0.3 is 5.97 Å². The summed E-state index contributed by atoms with van der Waals surface area (Å²) in [4.78, 5) is 26.9. The summed E-state index contributed by atoms with van der Waals surface area (Å²) in [6, 6.07) is 16.4. The summed E-state index contributed by atoms with van der Waals surface area (Å²) >= 11 is 0. The number of rotatable bonds is 5. The highest BCUT2D eigenvalue weighted by Gasteiger charge is 2.29. The van der Waals surface area contributed by atoms with E-state index in [9.17, 15) is 9.59 Å². The van der Waals surface area contributed by atoms with Gasteiger partial charge in [-0.25, -0.2) is 4.79 Å². The number of esters is 1. The third-order valence-corrected chi connectivity index (χ3v) is 4.89. The van der Waals surface area contributed by atoms with Gasteiger partial charge in [0.25, 0.3) is 5.91 Å². The van der Waals surface area contributed by atoms with E-state index >= 15 is 0 Å². The summed E-state index contributed by atoms with van der Waals surface area (Å²) in [5.74, 6) is 0.322. The molecule has 0 radical (unpaired) electrons. The molecular weight excluding hydrogens is 342 g/mol. The lowest BCUT2D eigenvalue weighted by Crippen LogP contribution is -2.49. The lowest BCUT2D eigenvalue weighted by molar-refractivity contribution is -0.140. The van der Waals surface area contributed by atoms with Crippen LogP contribution in [-0.4, -0.2) is 35.5 Å². The van der Waals surface area contributed by atoms with Crippen LogP contribution in [-0.2, 0) is 9.53 Å². The molecule has 2 unspecified atom stereocenters. The van der Waals surface area contributed by atoms with E-state index in [0.29, 0.717) is 17.1 Å². The van der Waals surface area contributed by atoms with Crippen molar-refractivity contribution >= 4 is 11.9 Å². The lowest BCUT2D eigenvalue weighted by atomic mass is 9.97. The molecular formula is C22H25NO4. The molecule has 1 heterocycles. The van der Waals surface area contributed by atoms with Crippen LogP contribution in [0.15, 0.2) is 54.6 Å². The van der Waals surface area contributed by atoms with E-state index in [1.807, 2.05) is 49.1 Å². The van der Waals surface area contributed by atoms with Gasteiger partial charge in [-0.05, 0) is 57.4 Å². The zero-order valence-corrected chi connectivity index (χ0v) is 15.8. The monoisotopic (exact) mass is 367 g/mol. The zero-order chi connectivity index (χ0) is 19.2. The number of piperidine rings is 1. The maximum Gasteiger partial charge on any atom is 0.342 e. The summed E-state index contributed by atoms with van der Waals surface area (Å²) in [5, 5.41) is 0. The van der Waals surface area contributed by atoms with Crippen molar-refractivity contribution in [2.45, 2.75) is 45.2 Å².